The van der Waals surface area contributed by atoms with E-state index in [2.05, 4.69) is 24.1 Å². The van der Waals surface area contributed by atoms with Crippen molar-refractivity contribution in [2.75, 3.05) is 23.0 Å². The molecule has 6 heteroatoms. The number of benzene rings is 1. The summed E-state index contributed by atoms with van der Waals surface area (Å²) in [6, 6.07) is 6.38. The lowest BCUT2D eigenvalue weighted by Crippen LogP contribution is -2.47. The van der Waals surface area contributed by atoms with E-state index in [-0.39, 0.29) is 17.5 Å². The monoisotopic (exact) mass is 330 g/mol. The molecule has 2 rings (SSSR count). The number of nitrogens with one attached hydrogen (secondary N) is 1. The summed E-state index contributed by atoms with van der Waals surface area (Å²) in [4.78, 5) is 2.12. The third-order valence-electron chi connectivity index (χ3n) is 3.74. The molecule has 1 saturated heterocycles. The zero-order valence-corrected chi connectivity index (χ0v) is 14.3. The second-order valence-corrected chi connectivity index (χ2v) is 8.60. The summed E-state index contributed by atoms with van der Waals surface area (Å²) in [5.74, 6) is 0.424. The van der Waals surface area contributed by atoms with Crippen molar-refractivity contribution in [3.63, 3.8) is 0 Å². The fraction of sp³-hybridized carbons (Fsp3) is 0.600. The highest BCUT2D eigenvalue weighted by Crippen LogP contribution is 2.27. The van der Waals surface area contributed by atoms with Gasteiger partial charge in [-0.3, -0.25) is 0 Å². The van der Waals surface area contributed by atoms with Crippen molar-refractivity contribution in [1.82, 2.24) is 5.32 Å². The Labute approximate surface area is 132 Å². The van der Waals surface area contributed by atoms with Gasteiger partial charge in [0, 0.05) is 35.9 Å². The van der Waals surface area contributed by atoms with Gasteiger partial charge in [-0.2, -0.15) is 0 Å². The zero-order valence-electron chi connectivity index (χ0n) is 12.8. The molecule has 0 spiro atoms. The van der Waals surface area contributed by atoms with Crippen molar-refractivity contribution >= 4 is 27.1 Å². The molecule has 1 aliphatic heterocycles. The lowest BCUT2D eigenvalue weighted by atomic mass is 10.1. The van der Waals surface area contributed by atoms with Crippen LogP contribution in [0.2, 0.25) is 5.02 Å². The van der Waals surface area contributed by atoms with E-state index in [4.69, 9.17) is 11.6 Å². The number of hydrogen-bond donors (Lipinski definition) is 1. The van der Waals surface area contributed by atoms with Crippen LogP contribution in [0.15, 0.2) is 18.2 Å². The first-order chi connectivity index (χ1) is 9.78. The average Bonchev–Trinajstić information content (AvgIpc) is 2.36. The maximum absolute atomic E-state index is 11.6. The highest BCUT2D eigenvalue weighted by Gasteiger charge is 2.28. The van der Waals surface area contributed by atoms with Crippen molar-refractivity contribution in [3.8, 4) is 0 Å². The SMILES string of the molecule is CC(C)NCc1ccc(N2CCS(=O)(=O)CC2C)cc1Cl. The van der Waals surface area contributed by atoms with Crippen molar-refractivity contribution in [1.29, 1.82) is 0 Å². The number of hydrogen-bond acceptors (Lipinski definition) is 4. The predicted octanol–water partition coefficient (Wildman–Crippen LogP) is 2.46. The maximum atomic E-state index is 11.6. The topological polar surface area (TPSA) is 49.4 Å². The van der Waals surface area contributed by atoms with Crippen LogP contribution in [-0.4, -0.2) is 38.6 Å². The van der Waals surface area contributed by atoms with E-state index in [1.165, 1.54) is 0 Å². The number of sulfone groups is 1. The quantitative estimate of drug-likeness (QED) is 0.921. The van der Waals surface area contributed by atoms with Gasteiger partial charge in [-0.15, -0.1) is 0 Å². The van der Waals surface area contributed by atoms with Crippen molar-refractivity contribution in [3.05, 3.63) is 28.8 Å². The molecule has 21 heavy (non-hydrogen) atoms. The molecule has 0 saturated carbocycles. The Kier molecular flexibility index (Phi) is 5.17. The van der Waals surface area contributed by atoms with Gasteiger partial charge in [0.25, 0.3) is 0 Å². The third-order valence-corrected chi connectivity index (χ3v) is 5.89. The minimum atomic E-state index is -2.89. The Bertz CT molecular complexity index is 602. The number of halogens is 1. The second kappa shape index (κ2) is 6.55. The molecule has 1 atom stereocenters. The van der Waals surface area contributed by atoms with E-state index in [1.807, 2.05) is 25.1 Å². The van der Waals surface area contributed by atoms with Crippen LogP contribution >= 0.6 is 11.6 Å². The molecule has 0 amide bonds. The van der Waals surface area contributed by atoms with E-state index in [1.54, 1.807) is 0 Å². The molecular weight excluding hydrogens is 308 g/mol. The van der Waals surface area contributed by atoms with Gasteiger partial charge in [-0.05, 0) is 24.6 Å². The van der Waals surface area contributed by atoms with E-state index in [0.717, 1.165) is 22.8 Å². The zero-order chi connectivity index (χ0) is 15.6. The fourth-order valence-corrected chi connectivity index (χ4v) is 4.35. The minimum Gasteiger partial charge on any atom is -0.367 e. The Morgan fingerprint density at radius 3 is 2.71 bits per heavy atom. The van der Waals surface area contributed by atoms with Gasteiger partial charge in [0.1, 0.15) is 0 Å². The highest BCUT2D eigenvalue weighted by atomic mass is 35.5. The van der Waals surface area contributed by atoms with Crippen LogP contribution in [0.4, 0.5) is 5.69 Å². The molecule has 1 unspecified atom stereocenters. The van der Waals surface area contributed by atoms with E-state index in [0.29, 0.717) is 12.6 Å². The minimum absolute atomic E-state index is 0.0144. The Morgan fingerprint density at radius 1 is 1.43 bits per heavy atom. The number of anilines is 1. The van der Waals surface area contributed by atoms with Crippen LogP contribution in [0.1, 0.15) is 26.3 Å². The summed E-state index contributed by atoms with van der Waals surface area (Å²) in [5.41, 5.74) is 2.06. The van der Waals surface area contributed by atoms with Gasteiger partial charge in [0.2, 0.25) is 0 Å². The summed E-state index contributed by atoms with van der Waals surface area (Å²) >= 11 is 6.35. The standard InChI is InChI=1S/C15H23ClN2O2S/c1-11(2)17-9-13-4-5-14(8-15(13)16)18-6-7-21(19,20)10-12(18)3/h4-5,8,11-12,17H,6-7,9-10H2,1-3H3. The maximum Gasteiger partial charge on any atom is 0.154 e. The second-order valence-electron chi connectivity index (χ2n) is 5.97. The van der Waals surface area contributed by atoms with Gasteiger partial charge >= 0.3 is 0 Å². The van der Waals surface area contributed by atoms with Gasteiger partial charge in [-0.1, -0.05) is 31.5 Å². The van der Waals surface area contributed by atoms with Gasteiger partial charge < -0.3 is 10.2 Å². The Balaban J connectivity index is 2.13. The number of nitrogens with zero attached hydrogens (tertiary/aromatic N) is 1. The molecule has 0 radical (unpaired) electrons. The van der Waals surface area contributed by atoms with Crippen LogP contribution in [0, 0.1) is 0 Å². The fourth-order valence-electron chi connectivity index (χ4n) is 2.55. The normalized spacial score (nSPS) is 21.8. The summed E-state index contributed by atoms with van der Waals surface area (Å²) in [7, 11) is -2.89. The van der Waals surface area contributed by atoms with E-state index < -0.39 is 9.84 Å². The molecule has 1 N–H and O–H groups in total. The third kappa shape index (κ3) is 4.34. The highest BCUT2D eigenvalue weighted by molar-refractivity contribution is 7.91. The Hall–Kier alpha value is -0.780. The van der Waals surface area contributed by atoms with Crippen LogP contribution in [-0.2, 0) is 16.4 Å². The summed E-state index contributed by atoms with van der Waals surface area (Å²) < 4.78 is 23.3. The van der Waals surface area contributed by atoms with Crippen molar-refractivity contribution in [2.24, 2.45) is 0 Å². The molecule has 0 bridgehead atoms. The first kappa shape index (κ1) is 16.6. The van der Waals surface area contributed by atoms with Crippen LogP contribution < -0.4 is 10.2 Å². The average molecular weight is 331 g/mol. The molecule has 0 aliphatic carbocycles. The molecule has 1 aromatic carbocycles. The molecular formula is C15H23ClN2O2S. The van der Waals surface area contributed by atoms with Crippen molar-refractivity contribution in [2.45, 2.75) is 39.4 Å². The first-order valence-corrected chi connectivity index (χ1v) is 9.47. The van der Waals surface area contributed by atoms with Gasteiger partial charge in [0.05, 0.1) is 11.5 Å². The molecule has 1 aromatic rings. The summed E-state index contributed by atoms with van der Waals surface area (Å²) in [5, 5.41) is 4.07. The molecule has 4 nitrogen and oxygen atoms in total. The largest absolute Gasteiger partial charge is 0.367 e. The molecule has 1 aliphatic rings. The van der Waals surface area contributed by atoms with Crippen LogP contribution in [0.5, 0.6) is 0 Å². The molecule has 0 aromatic heterocycles. The molecule has 1 fully saturated rings. The van der Waals surface area contributed by atoms with Crippen LogP contribution in [0.3, 0.4) is 0 Å². The smallest absolute Gasteiger partial charge is 0.154 e. The summed E-state index contributed by atoms with van der Waals surface area (Å²) in [6.45, 7) is 7.40. The van der Waals surface area contributed by atoms with Crippen LogP contribution in [0.25, 0.3) is 0 Å². The van der Waals surface area contributed by atoms with Gasteiger partial charge in [0.15, 0.2) is 9.84 Å². The van der Waals surface area contributed by atoms with E-state index in [9.17, 15) is 8.42 Å². The Morgan fingerprint density at radius 2 is 2.14 bits per heavy atom. The van der Waals surface area contributed by atoms with Crippen molar-refractivity contribution < 1.29 is 8.42 Å². The lowest BCUT2D eigenvalue weighted by molar-refractivity contribution is 0.568. The van der Waals surface area contributed by atoms with Gasteiger partial charge in [-0.25, -0.2) is 8.42 Å². The predicted molar refractivity (Wildman–Crippen MR) is 88.9 cm³/mol. The lowest BCUT2D eigenvalue weighted by Gasteiger charge is -2.35. The molecule has 118 valence electrons. The summed E-state index contributed by atoms with van der Waals surface area (Å²) in [6.07, 6.45) is 0. The number of rotatable bonds is 4. The van der Waals surface area contributed by atoms with E-state index >= 15 is 0 Å². The first-order valence-electron chi connectivity index (χ1n) is 7.27. The molecule has 1 heterocycles.